The maximum absolute atomic E-state index is 6.62. The van der Waals surface area contributed by atoms with Crippen molar-refractivity contribution < 1.29 is 4.42 Å². The van der Waals surface area contributed by atoms with Crippen molar-refractivity contribution in [1.29, 1.82) is 0 Å². The molecule has 1 N–H and O–H groups in total. The van der Waals surface area contributed by atoms with Gasteiger partial charge in [-0.25, -0.2) is 0 Å². The summed E-state index contributed by atoms with van der Waals surface area (Å²) in [4.78, 5) is 0. The number of hydrogen-bond donors (Lipinski definition) is 1. The lowest BCUT2D eigenvalue weighted by Gasteiger charge is -2.33. The van der Waals surface area contributed by atoms with Crippen LogP contribution < -0.4 is 5.32 Å². The molecule has 1 heterocycles. The van der Waals surface area contributed by atoms with E-state index in [1.54, 1.807) is 0 Å². The SMILES string of the molecule is CC(C)(C)c1ccc2c(c1)C1(c3ccccc3-c3ccc(Nc4cccc5c4oc4ccc6ccccc6c45)cc31)c1cc(C(C)(C)C)ccc1-2. The highest BCUT2D eigenvalue weighted by Gasteiger charge is 2.52. The number of hydrogen-bond acceptors (Lipinski definition) is 2. The first-order valence-electron chi connectivity index (χ1n) is 18.2. The second-order valence-electron chi connectivity index (χ2n) is 16.6. The molecule has 2 aliphatic carbocycles. The molecule has 0 fully saturated rings. The third-order valence-electron chi connectivity index (χ3n) is 11.6. The van der Waals surface area contributed by atoms with E-state index in [1.165, 1.54) is 71.8 Å². The fraction of sp³-hybridized carbons (Fsp3) is 0.184. The Labute approximate surface area is 299 Å². The molecule has 0 bridgehead atoms. The smallest absolute Gasteiger partial charge is 0.158 e. The minimum atomic E-state index is -0.443. The van der Waals surface area contributed by atoms with Crippen molar-refractivity contribution in [3.8, 4) is 22.3 Å². The molecule has 2 aliphatic rings. The van der Waals surface area contributed by atoms with Gasteiger partial charge in [0, 0.05) is 16.5 Å². The highest BCUT2D eigenvalue weighted by atomic mass is 16.3. The van der Waals surface area contributed by atoms with E-state index in [0.717, 1.165) is 27.9 Å². The van der Waals surface area contributed by atoms with E-state index < -0.39 is 5.41 Å². The van der Waals surface area contributed by atoms with Gasteiger partial charge in [-0.1, -0.05) is 151 Å². The highest BCUT2D eigenvalue weighted by molar-refractivity contribution is 6.20. The Morgan fingerprint density at radius 1 is 0.490 bits per heavy atom. The molecule has 0 saturated carbocycles. The molecular weight excluding hydrogens is 619 g/mol. The Bertz CT molecular complexity index is 2680. The highest BCUT2D eigenvalue weighted by Crippen LogP contribution is 2.64. The Hall–Kier alpha value is -5.60. The van der Waals surface area contributed by atoms with Gasteiger partial charge in [0.25, 0.3) is 0 Å². The lowest BCUT2D eigenvalue weighted by atomic mass is 9.68. The number of furan rings is 1. The van der Waals surface area contributed by atoms with Crippen LogP contribution in [0.5, 0.6) is 0 Å². The van der Waals surface area contributed by atoms with Crippen LogP contribution in [-0.2, 0) is 16.2 Å². The van der Waals surface area contributed by atoms with E-state index in [-0.39, 0.29) is 10.8 Å². The van der Waals surface area contributed by atoms with Crippen LogP contribution in [0.2, 0.25) is 0 Å². The van der Waals surface area contributed by atoms with Crippen LogP contribution >= 0.6 is 0 Å². The number of para-hydroxylation sites is 1. The van der Waals surface area contributed by atoms with Gasteiger partial charge in [-0.05, 0) is 102 Å². The van der Waals surface area contributed by atoms with Crippen LogP contribution in [0.25, 0.3) is 55.0 Å². The Balaban J connectivity index is 1.22. The first-order chi connectivity index (χ1) is 24.5. The average Bonchev–Trinajstić information content (AvgIpc) is 3.75. The maximum atomic E-state index is 6.62. The van der Waals surface area contributed by atoms with Gasteiger partial charge < -0.3 is 9.73 Å². The average molecular weight is 660 g/mol. The van der Waals surface area contributed by atoms with Gasteiger partial charge in [-0.15, -0.1) is 0 Å². The lowest BCUT2D eigenvalue weighted by Crippen LogP contribution is -2.27. The zero-order valence-electron chi connectivity index (χ0n) is 30.1. The molecule has 2 nitrogen and oxygen atoms in total. The topological polar surface area (TPSA) is 25.2 Å². The van der Waals surface area contributed by atoms with E-state index in [1.807, 2.05) is 0 Å². The predicted molar refractivity (Wildman–Crippen MR) is 215 cm³/mol. The summed E-state index contributed by atoms with van der Waals surface area (Å²) in [6, 6.07) is 49.8. The standard InChI is InChI=1S/C49H41NO/c1-47(2,3)30-19-22-35-36-23-20-31(48(4,5)6)27-41(36)49(40(35)26-30)39-16-10-9-14-34(39)37-24-21-32(28-42(37)49)50-43-17-11-15-38-45-33-13-8-7-12-29(33)18-25-44(45)51-46(38)43/h7-28,50H,1-6H3. The molecule has 0 aliphatic heterocycles. The lowest BCUT2D eigenvalue weighted by molar-refractivity contribution is 0.586. The van der Waals surface area contributed by atoms with Crippen LogP contribution in [0.3, 0.4) is 0 Å². The third kappa shape index (κ3) is 4.17. The van der Waals surface area contributed by atoms with Crippen molar-refractivity contribution in [3.05, 3.63) is 167 Å². The van der Waals surface area contributed by atoms with Gasteiger partial charge in [0.1, 0.15) is 5.58 Å². The molecular formula is C49H41NO. The molecule has 8 aromatic rings. The number of fused-ring (bicyclic) bond motifs is 15. The summed E-state index contributed by atoms with van der Waals surface area (Å²) >= 11 is 0. The Morgan fingerprint density at radius 3 is 1.78 bits per heavy atom. The molecule has 0 atom stereocenters. The summed E-state index contributed by atoms with van der Waals surface area (Å²) in [5.74, 6) is 0. The summed E-state index contributed by atoms with van der Waals surface area (Å²) < 4.78 is 6.62. The largest absolute Gasteiger partial charge is 0.454 e. The van der Waals surface area contributed by atoms with E-state index in [9.17, 15) is 0 Å². The Morgan fingerprint density at radius 2 is 1.08 bits per heavy atom. The maximum Gasteiger partial charge on any atom is 0.158 e. The third-order valence-corrected chi connectivity index (χ3v) is 11.6. The fourth-order valence-corrected chi connectivity index (χ4v) is 9.02. The van der Waals surface area contributed by atoms with Crippen molar-refractivity contribution in [2.45, 2.75) is 57.8 Å². The molecule has 248 valence electrons. The zero-order chi connectivity index (χ0) is 34.9. The molecule has 0 unspecified atom stereocenters. The van der Waals surface area contributed by atoms with Gasteiger partial charge >= 0.3 is 0 Å². The second kappa shape index (κ2) is 10.2. The van der Waals surface area contributed by atoms with Crippen LogP contribution in [0.1, 0.15) is 74.9 Å². The normalized spacial score (nSPS) is 14.2. The first kappa shape index (κ1) is 30.2. The Kier molecular flexibility index (Phi) is 6.07. The monoisotopic (exact) mass is 659 g/mol. The quantitative estimate of drug-likeness (QED) is 0.200. The first-order valence-corrected chi connectivity index (χ1v) is 18.2. The van der Waals surface area contributed by atoms with Crippen molar-refractivity contribution in [2.75, 3.05) is 5.32 Å². The van der Waals surface area contributed by atoms with Crippen molar-refractivity contribution in [1.82, 2.24) is 0 Å². The molecule has 1 spiro atoms. The molecule has 51 heavy (non-hydrogen) atoms. The van der Waals surface area contributed by atoms with E-state index >= 15 is 0 Å². The number of benzene rings is 7. The summed E-state index contributed by atoms with van der Waals surface area (Å²) in [5.41, 5.74) is 16.8. The summed E-state index contributed by atoms with van der Waals surface area (Å²) in [6.07, 6.45) is 0. The number of nitrogens with one attached hydrogen (secondary N) is 1. The van der Waals surface area contributed by atoms with Crippen LogP contribution in [0.15, 0.2) is 138 Å². The summed E-state index contributed by atoms with van der Waals surface area (Å²) in [6.45, 7) is 13.9. The minimum Gasteiger partial charge on any atom is -0.454 e. The molecule has 0 saturated heterocycles. The molecule has 10 rings (SSSR count). The van der Waals surface area contributed by atoms with E-state index in [4.69, 9.17) is 4.42 Å². The van der Waals surface area contributed by atoms with E-state index in [2.05, 4.69) is 180 Å². The predicted octanol–water partition coefficient (Wildman–Crippen LogP) is 13.4. The molecule has 7 aromatic carbocycles. The number of anilines is 2. The van der Waals surface area contributed by atoms with Gasteiger partial charge in [-0.3, -0.25) is 0 Å². The summed E-state index contributed by atoms with van der Waals surface area (Å²) in [5, 5.41) is 8.57. The molecule has 1 aromatic heterocycles. The molecule has 0 amide bonds. The van der Waals surface area contributed by atoms with Gasteiger partial charge in [0.15, 0.2) is 5.58 Å². The van der Waals surface area contributed by atoms with Crippen LogP contribution in [-0.4, -0.2) is 0 Å². The molecule has 0 radical (unpaired) electrons. The van der Waals surface area contributed by atoms with E-state index in [0.29, 0.717) is 0 Å². The summed E-state index contributed by atoms with van der Waals surface area (Å²) in [7, 11) is 0. The van der Waals surface area contributed by atoms with Crippen molar-refractivity contribution >= 4 is 44.1 Å². The van der Waals surface area contributed by atoms with Crippen LogP contribution in [0.4, 0.5) is 11.4 Å². The van der Waals surface area contributed by atoms with Gasteiger partial charge in [0.05, 0.1) is 11.1 Å². The zero-order valence-corrected chi connectivity index (χ0v) is 30.1. The fourth-order valence-electron chi connectivity index (χ4n) is 9.02. The number of rotatable bonds is 2. The van der Waals surface area contributed by atoms with Gasteiger partial charge in [0.2, 0.25) is 0 Å². The van der Waals surface area contributed by atoms with Crippen molar-refractivity contribution in [2.24, 2.45) is 0 Å². The van der Waals surface area contributed by atoms with Gasteiger partial charge in [-0.2, -0.15) is 0 Å². The minimum absolute atomic E-state index is 0.0164. The van der Waals surface area contributed by atoms with Crippen LogP contribution in [0, 0.1) is 0 Å². The molecule has 2 heteroatoms. The van der Waals surface area contributed by atoms with Crippen molar-refractivity contribution in [3.63, 3.8) is 0 Å². The second-order valence-corrected chi connectivity index (χ2v) is 16.6.